The van der Waals surface area contributed by atoms with E-state index in [9.17, 15) is 9.59 Å². The molecule has 0 aliphatic rings. The summed E-state index contributed by atoms with van der Waals surface area (Å²) in [5, 5.41) is 5.61. The van der Waals surface area contributed by atoms with Gasteiger partial charge >= 0.3 is 6.03 Å². The summed E-state index contributed by atoms with van der Waals surface area (Å²) in [5.74, 6) is 0.739. The van der Waals surface area contributed by atoms with E-state index < -0.39 is 6.03 Å². The van der Waals surface area contributed by atoms with E-state index >= 15 is 0 Å². The highest BCUT2D eigenvalue weighted by Crippen LogP contribution is 2.24. The summed E-state index contributed by atoms with van der Waals surface area (Å²) in [7, 11) is 1.62. The number of carbonyl (C=O) groups is 2. The third-order valence-electron chi connectivity index (χ3n) is 4.02. The molecule has 0 bridgehead atoms. The molecular formula is C20H25N3O3. The molecule has 3 amide bonds. The lowest BCUT2D eigenvalue weighted by Gasteiger charge is -2.20. The minimum atomic E-state index is -0.543. The second-order valence-electron chi connectivity index (χ2n) is 5.93. The number of nitrogens with two attached hydrogens (primary N) is 1. The van der Waals surface area contributed by atoms with Gasteiger partial charge in [-0.15, -0.1) is 0 Å². The maximum atomic E-state index is 12.4. The number of hydrogen-bond donors (Lipinski definition) is 3. The molecule has 0 saturated heterocycles. The number of carbonyl (C=O) groups excluding carboxylic acids is 2. The maximum absolute atomic E-state index is 12.4. The highest BCUT2D eigenvalue weighted by Gasteiger charge is 2.16. The minimum Gasteiger partial charge on any atom is -0.497 e. The third kappa shape index (κ3) is 6.12. The first-order valence-electron chi connectivity index (χ1n) is 8.61. The molecule has 0 radical (unpaired) electrons. The van der Waals surface area contributed by atoms with Gasteiger partial charge in [0.1, 0.15) is 5.75 Å². The van der Waals surface area contributed by atoms with E-state index in [1.807, 2.05) is 54.6 Å². The maximum Gasteiger partial charge on any atom is 0.312 e. The van der Waals surface area contributed by atoms with Crippen LogP contribution in [0.1, 0.15) is 36.4 Å². The van der Waals surface area contributed by atoms with Crippen molar-refractivity contribution < 1.29 is 14.3 Å². The van der Waals surface area contributed by atoms with Crippen molar-refractivity contribution in [1.82, 2.24) is 10.6 Å². The van der Waals surface area contributed by atoms with Crippen molar-refractivity contribution >= 4 is 11.9 Å². The van der Waals surface area contributed by atoms with E-state index in [4.69, 9.17) is 10.5 Å². The lowest BCUT2D eigenvalue weighted by Crippen LogP contribution is -2.31. The van der Waals surface area contributed by atoms with Gasteiger partial charge in [-0.2, -0.15) is 0 Å². The van der Waals surface area contributed by atoms with Crippen LogP contribution in [0.25, 0.3) is 0 Å². The standard InChI is InChI=1S/C20H25N3O3/c1-26-17-12-10-16(11-13-17)19(15-7-3-2-4-8-15)23-18(24)9-5-6-14-22-20(21)25/h2-4,7-8,10-13,19H,5-6,9,14H2,1H3,(H,23,24)(H3,21,22,25). The monoisotopic (exact) mass is 355 g/mol. The van der Waals surface area contributed by atoms with Crippen molar-refractivity contribution in [2.24, 2.45) is 5.73 Å². The predicted octanol–water partition coefficient (Wildman–Crippen LogP) is 2.74. The van der Waals surface area contributed by atoms with Crippen LogP contribution in [0.3, 0.4) is 0 Å². The van der Waals surface area contributed by atoms with Crippen LogP contribution in [0.2, 0.25) is 0 Å². The summed E-state index contributed by atoms with van der Waals surface area (Å²) in [6.45, 7) is 0.475. The van der Waals surface area contributed by atoms with Crippen LogP contribution in [-0.4, -0.2) is 25.6 Å². The number of hydrogen-bond acceptors (Lipinski definition) is 3. The van der Waals surface area contributed by atoms with Gasteiger partial charge in [-0.05, 0) is 36.1 Å². The molecule has 0 aliphatic heterocycles. The highest BCUT2D eigenvalue weighted by molar-refractivity contribution is 5.77. The Morgan fingerprint density at radius 3 is 2.27 bits per heavy atom. The predicted molar refractivity (Wildman–Crippen MR) is 101 cm³/mol. The summed E-state index contributed by atoms with van der Waals surface area (Å²) in [5.41, 5.74) is 7.01. The Morgan fingerprint density at radius 2 is 1.65 bits per heavy atom. The Labute approximate surface area is 153 Å². The molecule has 4 N–H and O–H groups in total. The van der Waals surface area contributed by atoms with Crippen LogP contribution in [0.15, 0.2) is 54.6 Å². The Hall–Kier alpha value is -3.02. The quantitative estimate of drug-likeness (QED) is 0.604. The fourth-order valence-corrected chi connectivity index (χ4v) is 2.66. The molecule has 2 rings (SSSR count). The van der Waals surface area contributed by atoms with Crippen molar-refractivity contribution in [1.29, 1.82) is 0 Å². The molecular weight excluding hydrogens is 330 g/mol. The lowest BCUT2D eigenvalue weighted by molar-refractivity contribution is -0.121. The fourth-order valence-electron chi connectivity index (χ4n) is 2.66. The first-order valence-corrected chi connectivity index (χ1v) is 8.61. The summed E-state index contributed by atoms with van der Waals surface area (Å²) in [6, 6.07) is 16.7. The molecule has 2 aromatic carbocycles. The van der Waals surface area contributed by atoms with Gasteiger partial charge in [0.15, 0.2) is 0 Å². The van der Waals surface area contributed by atoms with Crippen LogP contribution in [0.5, 0.6) is 5.75 Å². The number of nitrogens with one attached hydrogen (secondary N) is 2. The third-order valence-corrected chi connectivity index (χ3v) is 4.02. The zero-order valence-electron chi connectivity index (χ0n) is 14.9. The van der Waals surface area contributed by atoms with Crippen LogP contribution >= 0.6 is 0 Å². The van der Waals surface area contributed by atoms with Gasteiger partial charge in [0.25, 0.3) is 0 Å². The smallest absolute Gasteiger partial charge is 0.312 e. The molecule has 0 fully saturated rings. The molecule has 1 atom stereocenters. The number of primary amides is 1. The zero-order chi connectivity index (χ0) is 18.8. The van der Waals surface area contributed by atoms with E-state index in [0.717, 1.165) is 16.9 Å². The van der Waals surface area contributed by atoms with E-state index in [1.165, 1.54) is 0 Å². The van der Waals surface area contributed by atoms with Crippen molar-refractivity contribution in [2.45, 2.75) is 25.3 Å². The molecule has 138 valence electrons. The van der Waals surface area contributed by atoms with Gasteiger partial charge in [-0.1, -0.05) is 42.5 Å². The Kier molecular flexibility index (Phi) is 7.49. The minimum absolute atomic E-state index is 0.0336. The van der Waals surface area contributed by atoms with Crippen LogP contribution < -0.4 is 21.1 Å². The number of urea groups is 1. The van der Waals surface area contributed by atoms with Crippen LogP contribution in [-0.2, 0) is 4.79 Å². The van der Waals surface area contributed by atoms with Crippen molar-refractivity contribution in [2.75, 3.05) is 13.7 Å². The summed E-state index contributed by atoms with van der Waals surface area (Å²) < 4.78 is 5.20. The van der Waals surface area contributed by atoms with Crippen LogP contribution in [0, 0.1) is 0 Å². The Balaban J connectivity index is 2.00. The Morgan fingerprint density at radius 1 is 1.00 bits per heavy atom. The zero-order valence-corrected chi connectivity index (χ0v) is 14.9. The number of ether oxygens (including phenoxy) is 1. The van der Waals surface area contributed by atoms with E-state index in [1.54, 1.807) is 7.11 Å². The Bertz CT molecular complexity index is 702. The molecule has 0 spiro atoms. The largest absolute Gasteiger partial charge is 0.497 e. The van der Waals surface area contributed by atoms with Gasteiger partial charge in [0.2, 0.25) is 5.91 Å². The van der Waals surface area contributed by atoms with Gasteiger partial charge in [-0.25, -0.2) is 4.79 Å². The van der Waals surface area contributed by atoms with E-state index in [0.29, 0.717) is 25.8 Å². The van der Waals surface area contributed by atoms with Gasteiger partial charge < -0.3 is 21.1 Å². The second kappa shape index (κ2) is 10.1. The summed E-state index contributed by atoms with van der Waals surface area (Å²) in [4.78, 5) is 23.0. The number of benzene rings is 2. The number of amides is 3. The number of unbranched alkanes of at least 4 members (excludes halogenated alkanes) is 1. The van der Waals surface area contributed by atoms with Gasteiger partial charge in [0.05, 0.1) is 13.2 Å². The fraction of sp³-hybridized carbons (Fsp3) is 0.300. The van der Waals surface area contributed by atoms with Gasteiger partial charge in [-0.3, -0.25) is 4.79 Å². The molecule has 26 heavy (non-hydrogen) atoms. The van der Waals surface area contributed by atoms with Crippen molar-refractivity contribution in [3.63, 3.8) is 0 Å². The lowest BCUT2D eigenvalue weighted by atomic mass is 9.98. The second-order valence-corrected chi connectivity index (χ2v) is 5.93. The molecule has 0 saturated carbocycles. The normalized spacial score (nSPS) is 11.4. The molecule has 6 nitrogen and oxygen atoms in total. The van der Waals surface area contributed by atoms with Crippen LogP contribution in [0.4, 0.5) is 4.79 Å². The van der Waals surface area contributed by atoms with E-state index in [-0.39, 0.29) is 11.9 Å². The SMILES string of the molecule is COc1ccc(C(NC(=O)CCCCNC(N)=O)c2ccccc2)cc1. The summed E-state index contributed by atoms with van der Waals surface area (Å²) >= 11 is 0. The van der Waals surface area contributed by atoms with Crippen molar-refractivity contribution in [3.8, 4) is 5.75 Å². The molecule has 2 aromatic rings. The number of rotatable bonds is 9. The molecule has 0 aliphatic carbocycles. The van der Waals surface area contributed by atoms with Crippen molar-refractivity contribution in [3.05, 3.63) is 65.7 Å². The molecule has 0 aromatic heterocycles. The highest BCUT2D eigenvalue weighted by atomic mass is 16.5. The average Bonchev–Trinajstić information content (AvgIpc) is 2.66. The number of methoxy groups -OCH3 is 1. The first kappa shape index (κ1) is 19.3. The first-order chi connectivity index (χ1) is 12.6. The molecule has 0 heterocycles. The van der Waals surface area contributed by atoms with E-state index in [2.05, 4.69) is 10.6 Å². The topological polar surface area (TPSA) is 93.4 Å². The molecule has 6 heteroatoms. The molecule has 1 unspecified atom stereocenters. The average molecular weight is 355 g/mol. The van der Waals surface area contributed by atoms with Gasteiger partial charge in [0, 0.05) is 13.0 Å². The summed E-state index contributed by atoms with van der Waals surface area (Å²) in [6.07, 6.45) is 1.77.